The Bertz CT molecular complexity index is 884. The molecule has 0 heterocycles. The highest BCUT2D eigenvalue weighted by Gasteiger charge is 2.18. The Kier molecular flexibility index (Phi) is 9.18. The standard InChI is InChI=1S/C24H32N2O5/c1-6-29-20-14-19(15-21(30-7-2)23(20)31-8-3)24(28)26-25-22(27)12-11-18-10-9-16(4)13-17(18)5/h9-10,13-15H,6-8,11-12H2,1-5H3,(H,25,27)(H,26,28). The Balaban J connectivity index is 2.04. The van der Waals surface area contributed by atoms with Crippen molar-refractivity contribution in [2.75, 3.05) is 19.8 Å². The molecule has 0 saturated carbocycles. The first-order valence-electron chi connectivity index (χ1n) is 10.6. The third kappa shape index (κ3) is 6.91. The van der Waals surface area contributed by atoms with Gasteiger partial charge in [0.05, 0.1) is 19.8 Å². The van der Waals surface area contributed by atoms with E-state index in [0.717, 1.165) is 11.1 Å². The molecule has 7 heteroatoms. The number of hydrazine groups is 1. The monoisotopic (exact) mass is 428 g/mol. The summed E-state index contributed by atoms with van der Waals surface area (Å²) in [5.74, 6) is 0.558. The van der Waals surface area contributed by atoms with E-state index in [1.807, 2.05) is 46.8 Å². The quantitative estimate of drug-likeness (QED) is 0.561. The third-order valence-electron chi connectivity index (χ3n) is 4.61. The van der Waals surface area contributed by atoms with Crippen LogP contribution in [0.4, 0.5) is 0 Å². The van der Waals surface area contributed by atoms with Gasteiger partial charge in [-0.15, -0.1) is 0 Å². The predicted octanol–water partition coefficient (Wildman–Crippen LogP) is 3.89. The van der Waals surface area contributed by atoms with Gasteiger partial charge in [-0.2, -0.15) is 0 Å². The fraction of sp³-hybridized carbons (Fsp3) is 0.417. The normalized spacial score (nSPS) is 10.4. The SMILES string of the molecule is CCOc1cc(C(=O)NNC(=O)CCc2ccc(C)cc2C)cc(OCC)c1OCC. The number of nitrogens with one attached hydrogen (secondary N) is 2. The summed E-state index contributed by atoms with van der Waals surface area (Å²) in [6.45, 7) is 10.9. The van der Waals surface area contributed by atoms with Crippen molar-refractivity contribution >= 4 is 11.8 Å². The number of carbonyl (C=O) groups is 2. The van der Waals surface area contributed by atoms with E-state index >= 15 is 0 Å². The average molecular weight is 429 g/mol. The van der Waals surface area contributed by atoms with Crippen LogP contribution in [-0.4, -0.2) is 31.6 Å². The van der Waals surface area contributed by atoms with Gasteiger partial charge in [-0.3, -0.25) is 20.4 Å². The van der Waals surface area contributed by atoms with E-state index in [1.165, 1.54) is 5.56 Å². The van der Waals surface area contributed by atoms with Crippen LogP contribution in [0.1, 0.15) is 54.2 Å². The van der Waals surface area contributed by atoms with Crippen molar-refractivity contribution < 1.29 is 23.8 Å². The van der Waals surface area contributed by atoms with Crippen molar-refractivity contribution in [1.29, 1.82) is 0 Å². The molecule has 0 radical (unpaired) electrons. The van der Waals surface area contributed by atoms with Crippen LogP contribution in [-0.2, 0) is 11.2 Å². The van der Waals surface area contributed by atoms with Crippen LogP contribution in [0.2, 0.25) is 0 Å². The molecular formula is C24H32N2O5. The minimum Gasteiger partial charge on any atom is -0.490 e. The molecule has 2 aromatic rings. The fourth-order valence-electron chi connectivity index (χ4n) is 3.16. The van der Waals surface area contributed by atoms with E-state index in [9.17, 15) is 9.59 Å². The fourth-order valence-corrected chi connectivity index (χ4v) is 3.16. The zero-order valence-electron chi connectivity index (χ0n) is 19.0. The van der Waals surface area contributed by atoms with Gasteiger partial charge >= 0.3 is 0 Å². The van der Waals surface area contributed by atoms with Gasteiger partial charge in [0.15, 0.2) is 11.5 Å². The second-order valence-electron chi connectivity index (χ2n) is 7.03. The van der Waals surface area contributed by atoms with Crippen molar-refractivity contribution in [2.24, 2.45) is 0 Å². The molecule has 2 amide bonds. The molecule has 0 aliphatic heterocycles. The maximum Gasteiger partial charge on any atom is 0.269 e. The molecule has 0 spiro atoms. The number of hydrogen-bond acceptors (Lipinski definition) is 5. The van der Waals surface area contributed by atoms with Gasteiger partial charge in [0.2, 0.25) is 11.7 Å². The first-order valence-corrected chi connectivity index (χ1v) is 10.6. The van der Waals surface area contributed by atoms with Crippen LogP contribution in [0, 0.1) is 13.8 Å². The predicted molar refractivity (Wildman–Crippen MR) is 120 cm³/mol. The summed E-state index contributed by atoms with van der Waals surface area (Å²) in [5, 5.41) is 0. The van der Waals surface area contributed by atoms with Gasteiger partial charge in [0.25, 0.3) is 5.91 Å². The maximum atomic E-state index is 12.6. The minimum absolute atomic E-state index is 0.266. The van der Waals surface area contributed by atoms with E-state index in [4.69, 9.17) is 14.2 Å². The number of amides is 2. The van der Waals surface area contributed by atoms with Crippen LogP contribution in [0.15, 0.2) is 30.3 Å². The molecule has 2 aromatic carbocycles. The lowest BCUT2D eigenvalue weighted by Crippen LogP contribution is -2.41. The summed E-state index contributed by atoms with van der Waals surface area (Å²) in [6, 6.07) is 9.30. The van der Waals surface area contributed by atoms with Crippen LogP contribution >= 0.6 is 0 Å². The maximum absolute atomic E-state index is 12.6. The topological polar surface area (TPSA) is 85.9 Å². The van der Waals surface area contributed by atoms with Gasteiger partial charge in [-0.25, -0.2) is 0 Å². The lowest BCUT2D eigenvalue weighted by atomic mass is 10.0. The highest BCUT2D eigenvalue weighted by molar-refractivity contribution is 5.96. The molecule has 0 bridgehead atoms. The summed E-state index contributed by atoms with van der Waals surface area (Å²) >= 11 is 0. The van der Waals surface area contributed by atoms with E-state index in [2.05, 4.69) is 16.9 Å². The third-order valence-corrected chi connectivity index (χ3v) is 4.61. The molecule has 0 aliphatic rings. The number of benzene rings is 2. The number of hydrogen-bond donors (Lipinski definition) is 2. The summed E-state index contributed by atoms with van der Waals surface area (Å²) < 4.78 is 16.9. The van der Waals surface area contributed by atoms with E-state index in [-0.39, 0.29) is 12.3 Å². The molecule has 2 rings (SSSR count). The van der Waals surface area contributed by atoms with Crippen molar-refractivity contribution in [1.82, 2.24) is 10.9 Å². The molecule has 0 saturated heterocycles. The van der Waals surface area contributed by atoms with Crippen molar-refractivity contribution in [3.8, 4) is 17.2 Å². The number of ether oxygens (including phenoxy) is 3. The number of aryl methyl sites for hydroxylation is 3. The molecule has 0 fully saturated rings. The molecule has 2 N–H and O–H groups in total. The first-order chi connectivity index (χ1) is 14.9. The van der Waals surface area contributed by atoms with Crippen LogP contribution < -0.4 is 25.1 Å². The Labute approximate surface area is 184 Å². The van der Waals surface area contributed by atoms with Gasteiger partial charge in [-0.05, 0) is 64.3 Å². The number of carbonyl (C=O) groups excluding carboxylic acids is 2. The molecule has 0 aromatic heterocycles. The van der Waals surface area contributed by atoms with Crippen LogP contribution in [0.5, 0.6) is 17.2 Å². The smallest absolute Gasteiger partial charge is 0.269 e. The zero-order valence-corrected chi connectivity index (χ0v) is 19.0. The first kappa shape index (κ1) is 24.1. The van der Waals surface area contributed by atoms with Crippen molar-refractivity contribution in [2.45, 2.75) is 47.5 Å². The second kappa shape index (κ2) is 11.8. The van der Waals surface area contributed by atoms with Crippen molar-refractivity contribution in [3.05, 3.63) is 52.6 Å². The molecule has 0 unspecified atom stereocenters. The van der Waals surface area contributed by atoms with Crippen molar-refractivity contribution in [3.63, 3.8) is 0 Å². The molecule has 0 atom stereocenters. The van der Waals surface area contributed by atoms with Gasteiger partial charge in [0.1, 0.15) is 0 Å². The molecule has 31 heavy (non-hydrogen) atoms. The van der Waals surface area contributed by atoms with E-state index in [0.29, 0.717) is 49.1 Å². The Morgan fingerprint density at radius 3 is 2.00 bits per heavy atom. The lowest BCUT2D eigenvalue weighted by Gasteiger charge is -2.17. The second-order valence-corrected chi connectivity index (χ2v) is 7.03. The Morgan fingerprint density at radius 2 is 1.45 bits per heavy atom. The Hall–Kier alpha value is -3.22. The van der Waals surface area contributed by atoms with Gasteiger partial charge in [-0.1, -0.05) is 23.8 Å². The Morgan fingerprint density at radius 1 is 0.839 bits per heavy atom. The number of rotatable bonds is 10. The van der Waals surface area contributed by atoms with Crippen LogP contribution in [0.3, 0.4) is 0 Å². The molecule has 7 nitrogen and oxygen atoms in total. The zero-order chi connectivity index (χ0) is 22.8. The average Bonchev–Trinajstić information content (AvgIpc) is 2.73. The summed E-state index contributed by atoms with van der Waals surface area (Å²) in [6.07, 6.45) is 0.863. The highest BCUT2D eigenvalue weighted by Crippen LogP contribution is 2.39. The summed E-state index contributed by atoms with van der Waals surface area (Å²) in [5.41, 5.74) is 8.68. The minimum atomic E-state index is -0.468. The molecular weight excluding hydrogens is 396 g/mol. The summed E-state index contributed by atoms with van der Waals surface area (Å²) in [7, 11) is 0. The highest BCUT2D eigenvalue weighted by atomic mass is 16.5. The lowest BCUT2D eigenvalue weighted by molar-refractivity contribution is -0.121. The van der Waals surface area contributed by atoms with Gasteiger partial charge < -0.3 is 14.2 Å². The van der Waals surface area contributed by atoms with E-state index in [1.54, 1.807) is 12.1 Å². The summed E-state index contributed by atoms with van der Waals surface area (Å²) in [4.78, 5) is 24.8. The molecule has 168 valence electrons. The van der Waals surface area contributed by atoms with E-state index < -0.39 is 5.91 Å². The van der Waals surface area contributed by atoms with Gasteiger partial charge in [0, 0.05) is 12.0 Å². The largest absolute Gasteiger partial charge is 0.490 e. The molecule has 0 aliphatic carbocycles. The van der Waals surface area contributed by atoms with Crippen LogP contribution in [0.25, 0.3) is 0 Å².